The third-order valence-corrected chi connectivity index (χ3v) is 3.69. The van der Waals surface area contributed by atoms with Crippen molar-refractivity contribution in [1.82, 2.24) is 10.6 Å². The number of amides is 1. The fourth-order valence-corrected chi connectivity index (χ4v) is 2.34. The van der Waals surface area contributed by atoms with E-state index in [0.29, 0.717) is 40.4 Å². The largest absolute Gasteiger partial charge is 0.492 e. The van der Waals surface area contributed by atoms with Crippen LogP contribution in [0, 0.1) is 0 Å². The molecule has 0 fully saturated rings. The highest BCUT2D eigenvalue weighted by Crippen LogP contribution is 2.27. The van der Waals surface area contributed by atoms with E-state index >= 15 is 0 Å². The van der Waals surface area contributed by atoms with Crippen molar-refractivity contribution in [1.29, 1.82) is 0 Å². The third-order valence-electron chi connectivity index (χ3n) is 2.94. The fourth-order valence-electron chi connectivity index (χ4n) is 1.56. The van der Waals surface area contributed by atoms with Crippen LogP contribution in [0.15, 0.2) is 18.2 Å². The number of hydrogen-bond acceptors (Lipinski definition) is 3. The SMILES string of the molecule is CCC(C)NC(=S)NC(=O)CCCOc1ccc(Cl)cc1Cl. The van der Waals surface area contributed by atoms with Crippen LogP contribution in [0.1, 0.15) is 33.1 Å². The summed E-state index contributed by atoms with van der Waals surface area (Å²) in [5, 5.41) is 7.04. The summed E-state index contributed by atoms with van der Waals surface area (Å²) >= 11 is 16.8. The normalized spacial score (nSPS) is 11.6. The van der Waals surface area contributed by atoms with E-state index in [1.165, 1.54) is 0 Å². The molecule has 122 valence electrons. The summed E-state index contributed by atoms with van der Waals surface area (Å²) in [7, 11) is 0. The smallest absolute Gasteiger partial charge is 0.226 e. The molecule has 1 atom stereocenters. The number of rotatable bonds is 7. The second-order valence-corrected chi connectivity index (χ2v) is 6.11. The van der Waals surface area contributed by atoms with E-state index in [4.69, 9.17) is 40.2 Å². The Morgan fingerprint density at radius 2 is 2.14 bits per heavy atom. The van der Waals surface area contributed by atoms with Gasteiger partial charge in [-0.1, -0.05) is 30.1 Å². The van der Waals surface area contributed by atoms with Crippen molar-refractivity contribution in [3.63, 3.8) is 0 Å². The Balaban J connectivity index is 2.23. The Morgan fingerprint density at radius 3 is 2.77 bits per heavy atom. The lowest BCUT2D eigenvalue weighted by molar-refractivity contribution is -0.119. The molecule has 1 rings (SSSR count). The van der Waals surface area contributed by atoms with Crippen LogP contribution in [0.5, 0.6) is 5.75 Å². The second kappa shape index (κ2) is 9.87. The number of nitrogens with one attached hydrogen (secondary N) is 2. The van der Waals surface area contributed by atoms with E-state index < -0.39 is 0 Å². The molecule has 0 aliphatic rings. The van der Waals surface area contributed by atoms with Crippen LogP contribution >= 0.6 is 35.4 Å². The first kappa shape index (κ1) is 19.0. The highest BCUT2D eigenvalue weighted by atomic mass is 35.5. The van der Waals surface area contributed by atoms with Crippen molar-refractivity contribution in [2.45, 2.75) is 39.2 Å². The first-order valence-electron chi connectivity index (χ1n) is 7.10. The molecule has 1 unspecified atom stereocenters. The summed E-state index contributed by atoms with van der Waals surface area (Å²) in [5.74, 6) is 0.423. The molecular formula is C15H20Cl2N2O2S. The molecule has 1 amide bonds. The van der Waals surface area contributed by atoms with E-state index in [1.807, 2.05) is 13.8 Å². The number of carbonyl (C=O) groups excluding carboxylic acids is 1. The number of halogens is 2. The summed E-state index contributed by atoms with van der Waals surface area (Å²) in [5.41, 5.74) is 0. The molecule has 0 heterocycles. The third kappa shape index (κ3) is 7.29. The predicted octanol–water partition coefficient (Wildman–Crippen LogP) is 3.94. The Labute approximate surface area is 146 Å². The van der Waals surface area contributed by atoms with Gasteiger partial charge in [0.05, 0.1) is 11.6 Å². The maximum absolute atomic E-state index is 11.7. The molecule has 0 radical (unpaired) electrons. The van der Waals surface area contributed by atoms with Gasteiger partial charge in [-0.3, -0.25) is 4.79 Å². The van der Waals surface area contributed by atoms with Crippen LogP contribution in [-0.4, -0.2) is 23.7 Å². The lowest BCUT2D eigenvalue weighted by Gasteiger charge is -2.14. The molecule has 0 saturated heterocycles. The van der Waals surface area contributed by atoms with Crippen molar-refractivity contribution in [3.8, 4) is 5.75 Å². The molecule has 4 nitrogen and oxygen atoms in total. The average molecular weight is 363 g/mol. The molecule has 0 saturated carbocycles. The van der Waals surface area contributed by atoms with Gasteiger partial charge < -0.3 is 15.4 Å². The van der Waals surface area contributed by atoms with Gasteiger partial charge in [0.25, 0.3) is 0 Å². The van der Waals surface area contributed by atoms with Crippen LogP contribution < -0.4 is 15.4 Å². The monoisotopic (exact) mass is 362 g/mol. The Hall–Kier alpha value is -1.04. The maximum atomic E-state index is 11.7. The van der Waals surface area contributed by atoms with Gasteiger partial charge in [-0.25, -0.2) is 0 Å². The standard InChI is InChI=1S/C15H20Cl2N2O2S/c1-3-10(2)18-15(22)19-14(20)5-4-8-21-13-7-6-11(16)9-12(13)17/h6-7,9-10H,3-5,8H2,1-2H3,(H2,18,19,20,22). The van der Waals surface area contributed by atoms with Crippen molar-refractivity contribution in [2.75, 3.05) is 6.61 Å². The summed E-state index contributed by atoms with van der Waals surface area (Å²) in [6, 6.07) is 5.26. The van der Waals surface area contributed by atoms with Gasteiger partial charge in [-0.15, -0.1) is 0 Å². The van der Waals surface area contributed by atoms with E-state index in [-0.39, 0.29) is 11.9 Å². The molecule has 22 heavy (non-hydrogen) atoms. The summed E-state index contributed by atoms with van der Waals surface area (Å²) in [4.78, 5) is 11.7. The van der Waals surface area contributed by atoms with Gasteiger partial charge in [0, 0.05) is 17.5 Å². The summed E-state index contributed by atoms with van der Waals surface area (Å²) in [6.07, 6.45) is 1.83. The zero-order valence-electron chi connectivity index (χ0n) is 12.6. The summed E-state index contributed by atoms with van der Waals surface area (Å²) in [6.45, 7) is 4.43. The number of ether oxygens (including phenoxy) is 1. The average Bonchev–Trinajstić information content (AvgIpc) is 2.45. The first-order chi connectivity index (χ1) is 10.4. The van der Waals surface area contributed by atoms with Crippen LogP contribution in [0.25, 0.3) is 0 Å². The number of hydrogen-bond donors (Lipinski definition) is 2. The molecule has 0 aromatic heterocycles. The Bertz CT molecular complexity index is 526. The molecule has 1 aromatic rings. The maximum Gasteiger partial charge on any atom is 0.226 e. The molecule has 1 aromatic carbocycles. The van der Waals surface area contributed by atoms with E-state index in [9.17, 15) is 4.79 Å². The van der Waals surface area contributed by atoms with E-state index in [2.05, 4.69) is 10.6 Å². The van der Waals surface area contributed by atoms with E-state index in [0.717, 1.165) is 6.42 Å². The zero-order valence-corrected chi connectivity index (χ0v) is 14.9. The van der Waals surface area contributed by atoms with Gasteiger partial charge in [-0.05, 0) is 50.2 Å². The van der Waals surface area contributed by atoms with Gasteiger partial charge in [0.15, 0.2) is 5.11 Å². The predicted molar refractivity (Wildman–Crippen MR) is 94.8 cm³/mol. The van der Waals surface area contributed by atoms with Crippen molar-refractivity contribution in [3.05, 3.63) is 28.2 Å². The highest BCUT2D eigenvalue weighted by Gasteiger charge is 2.07. The van der Waals surface area contributed by atoms with Crippen molar-refractivity contribution >= 4 is 46.4 Å². The lowest BCUT2D eigenvalue weighted by Crippen LogP contribution is -2.43. The molecular weight excluding hydrogens is 343 g/mol. The van der Waals surface area contributed by atoms with Crippen LogP contribution in [-0.2, 0) is 4.79 Å². The van der Waals surface area contributed by atoms with Gasteiger partial charge in [0.2, 0.25) is 5.91 Å². The molecule has 0 bridgehead atoms. The van der Waals surface area contributed by atoms with E-state index in [1.54, 1.807) is 18.2 Å². The van der Waals surface area contributed by atoms with Gasteiger partial charge in [-0.2, -0.15) is 0 Å². The zero-order chi connectivity index (χ0) is 16.5. The Kier molecular flexibility index (Phi) is 8.53. The van der Waals surface area contributed by atoms with Crippen LogP contribution in [0.2, 0.25) is 10.0 Å². The second-order valence-electron chi connectivity index (χ2n) is 4.86. The minimum atomic E-state index is -0.133. The number of carbonyl (C=O) groups is 1. The number of thiocarbonyl (C=S) groups is 1. The topological polar surface area (TPSA) is 50.4 Å². The molecule has 0 spiro atoms. The van der Waals surface area contributed by atoms with Gasteiger partial charge in [0.1, 0.15) is 5.75 Å². The minimum Gasteiger partial charge on any atom is -0.492 e. The van der Waals surface area contributed by atoms with Crippen molar-refractivity contribution in [2.24, 2.45) is 0 Å². The minimum absolute atomic E-state index is 0.133. The highest BCUT2D eigenvalue weighted by molar-refractivity contribution is 7.80. The fraction of sp³-hybridized carbons (Fsp3) is 0.467. The molecule has 7 heteroatoms. The first-order valence-corrected chi connectivity index (χ1v) is 8.27. The Morgan fingerprint density at radius 1 is 1.41 bits per heavy atom. The molecule has 0 aliphatic heterocycles. The quantitative estimate of drug-likeness (QED) is 0.569. The number of benzene rings is 1. The molecule has 0 aliphatic carbocycles. The van der Waals surface area contributed by atoms with Crippen LogP contribution in [0.4, 0.5) is 0 Å². The van der Waals surface area contributed by atoms with Crippen molar-refractivity contribution < 1.29 is 9.53 Å². The van der Waals surface area contributed by atoms with Gasteiger partial charge >= 0.3 is 0 Å². The van der Waals surface area contributed by atoms with Crippen LogP contribution in [0.3, 0.4) is 0 Å². The molecule has 2 N–H and O–H groups in total. The summed E-state index contributed by atoms with van der Waals surface area (Å²) < 4.78 is 5.51. The lowest BCUT2D eigenvalue weighted by atomic mass is 10.3.